The number of nitrogens with zero attached hydrogens (tertiary/aromatic N) is 6. The minimum Gasteiger partial charge on any atom is -0.495 e. The number of ether oxygens (including phenoxy) is 1. The van der Waals surface area contributed by atoms with Crippen LogP contribution >= 0.6 is 0 Å². The third-order valence-electron chi connectivity index (χ3n) is 8.42. The number of amides is 2. The second-order valence-corrected chi connectivity index (χ2v) is 11.2. The van der Waals surface area contributed by atoms with Gasteiger partial charge in [0.05, 0.1) is 24.9 Å². The molecule has 1 saturated heterocycles. The van der Waals surface area contributed by atoms with E-state index in [1.807, 2.05) is 11.1 Å². The highest BCUT2D eigenvalue weighted by Gasteiger charge is 2.36. The third kappa shape index (κ3) is 6.46. The fourth-order valence-electron chi connectivity index (χ4n) is 5.94. The lowest BCUT2D eigenvalue weighted by atomic mass is 9.93. The first-order chi connectivity index (χ1) is 19.9. The lowest BCUT2D eigenvalue weighted by Crippen LogP contribution is -2.52. The lowest BCUT2D eigenvalue weighted by molar-refractivity contribution is -0.121. The van der Waals surface area contributed by atoms with Gasteiger partial charge in [-0.25, -0.2) is 9.99 Å². The van der Waals surface area contributed by atoms with Gasteiger partial charge in [0.15, 0.2) is 5.82 Å². The molecule has 2 fully saturated rings. The molecule has 3 aliphatic rings. The summed E-state index contributed by atoms with van der Waals surface area (Å²) in [4.78, 5) is 42.0. The number of piperazine rings is 1. The predicted octanol–water partition coefficient (Wildman–Crippen LogP) is 3.43. The van der Waals surface area contributed by atoms with E-state index < -0.39 is 0 Å². The summed E-state index contributed by atoms with van der Waals surface area (Å²) in [6, 6.07) is 5.61. The molecule has 3 heterocycles. The number of allylic oxidation sites excluding steroid dienone is 1. The van der Waals surface area contributed by atoms with Crippen molar-refractivity contribution in [2.24, 2.45) is 5.92 Å². The van der Waals surface area contributed by atoms with Crippen LogP contribution in [0.25, 0.3) is 0 Å². The van der Waals surface area contributed by atoms with Gasteiger partial charge in [-0.3, -0.25) is 15.0 Å². The van der Waals surface area contributed by atoms with Crippen molar-refractivity contribution in [3.05, 3.63) is 42.6 Å². The Morgan fingerprint density at radius 3 is 2.61 bits per heavy atom. The van der Waals surface area contributed by atoms with Crippen molar-refractivity contribution >= 4 is 35.0 Å². The topological polar surface area (TPSA) is 106 Å². The highest BCUT2D eigenvalue weighted by Crippen LogP contribution is 2.38. The minimum absolute atomic E-state index is 0.0564. The van der Waals surface area contributed by atoms with Crippen LogP contribution in [0.4, 0.5) is 23.1 Å². The quantitative estimate of drug-likeness (QED) is 0.468. The molecule has 220 valence electrons. The number of likely N-dealkylation sites (N-methyl/N-ethyl adjacent to an activating group) is 1. The van der Waals surface area contributed by atoms with Crippen molar-refractivity contribution in [1.29, 1.82) is 0 Å². The van der Waals surface area contributed by atoms with Gasteiger partial charge in [0.1, 0.15) is 11.4 Å². The number of carbonyl (C=O) groups is 2. The number of methoxy groups -OCH3 is 1. The summed E-state index contributed by atoms with van der Waals surface area (Å²) >= 11 is 0. The smallest absolute Gasteiger partial charge is 0.265 e. The van der Waals surface area contributed by atoms with Crippen LogP contribution in [0.15, 0.2) is 37.1 Å². The summed E-state index contributed by atoms with van der Waals surface area (Å²) in [5, 5.41) is 5.24. The van der Waals surface area contributed by atoms with Gasteiger partial charge in [0.25, 0.3) is 5.91 Å². The first-order valence-electron chi connectivity index (χ1n) is 14.6. The fourth-order valence-corrected chi connectivity index (χ4v) is 5.94. The summed E-state index contributed by atoms with van der Waals surface area (Å²) in [6.45, 7) is 7.86. The summed E-state index contributed by atoms with van der Waals surface area (Å²) < 4.78 is 5.64. The van der Waals surface area contributed by atoms with Crippen LogP contribution in [-0.4, -0.2) is 91.7 Å². The van der Waals surface area contributed by atoms with Crippen LogP contribution in [0, 0.1) is 5.92 Å². The standard InChI is InChI=1S/C30H42N8O3/c1-5-9-22-20-38(23-10-7-6-8-11-23)27-25(36(3)29(22)40)19-31-30(33-27)32-24-13-12-21(18-26(24)41-4)28(39)34-37-16-14-35(2)15-17-37/h5,12-13,18-19,22-23H,1,6-11,14-17,20H2,2-4H3,(H,34,39)(H,31,32,33). The number of aromatic nitrogens is 2. The van der Waals surface area contributed by atoms with E-state index in [0.717, 1.165) is 44.8 Å². The van der Waals surface area contributed by atoms with Crippen LogP contribution in [0.1, 0.15) is 48.9 Å². The normalized spacial score (nSPS) is 20.8. The Labute approximate surface area is 242 Å². The zero-order chi connectivity index (χ0) is 28.9. The number of fused-ring (bicyclic) bond motifs is 1. The van der Waals surface area contributed by atoms with Gasteiger partial charge in [0.2, 0.25) is 11.9 Å². The summed E-state index contributed by atoms with van der Waals surface area (Å²) in [7, 11) is 5.45. The first kappa shape index (κ1) is 28.8. The van der Waals surface area contributed by atoms with E-state index >= 15 is 0 Å². The maximum Gasteiger partial charge on any atom is 0.265 e. The van der Waals surface area contributed by atoms with Gasteiger partial charge in [-0.15, -0.1) is 6.58 Å². The molecule has 2 aromatic rings. The van der Waals surface area contributed by atoms with Gasteiger partial charge in [-0.1, -0.05) is 25.3 Å². The van der Waals surface area contributed by atoms with Crippen molar-refractivity contribution in [3.8, 4) is 5.75 Å². The number of hydrazine groups is 1. The number of hydrogen-bond donors (Lipinski definition) is 2. The molecule has 11 heteroatoms. The summed E-state index contributed by atoms with van der Waals surface area (Å²) in [5.74, 6) is 1.37. The molecule has 1 saturated carbocycles. The van der Waals surface area contributed by atoms with Crippen molar-refractivity contribution in [2.75, 3.05) is 69.0 Å². The van der Waals surface area contributed by atoms with Crippen molar-refractivity contribution in [3.63, 3.8) is 0 Å². The Hall–Kier alpha value is -3.70. The average Bonchev–Trinajstić information content (AvgIpc) is 3.09. The molecule has 1 aromatic heterocycles. The van der Waals surface area contributed by atoms with Crippen LogP contribution in [0.3, 0.4) is 0 Å². The van der Waals surface area contributed by atoms with Crippen LogP contribution in [-0.2, 0) is 4.79 Å². The highest BCUT2D eigenvalue weighted by atomic mass is 16.5. The lowest BCUT2D eigenvalue weighted by Gasteiger charge is -2.36. The molecule has 5 rings (SSSR count). The summed E-state index contributed by atoms with van der Waals surface area (Å²) in [6.07, 6.45) is 9.91. The molecule has 1 unspecified atom stereocenters. The predicted molar refractivity (Wildman–Crippen MR) is 161 cm³/mol. The van der Waals surface area contributed by atoms with E-state index in [2.05, 4.69) is 39.2 Å². The van der Waals surface area contributed by atoms with E-state index in [1.54, 1.807) is 43.5 Å². The summed E-state index contributed by atoms with van der Waals surface area (Å²) in [5.41, 5.74) is 4.86. The molecule has 0 radical (unpaired) electrons. The SMILES string of the molecule is C=CCC1CN(C2CCCCC2)c2nc(Nc3ccc(C(=O)NN4CCN(C)CC4)cc3OC)ncc2N(C)C1=O. The number of benzene rings is 1. The molecule has 1 aliphatic carbocycles. The van der Waals surface area contributed by atoms with Crippen LogP contribution < -0.4 is 25.3 Å². The van der Waals surface area contributed by atoms with Gasteiger partial charge < -0.3 is 24.8 Å². The minimum atomic E-state index is -0.185. The Balaban J connectivity index is 1.39. The number of rotatable bonds is 8. The van der Waals surface area contributed by atoms with Gasteiger partial charge >= 0.3 is 0 Å². The van der Waals surface area contributed by atoms with E-state index in [-0.39, 0.29) is 17.7 Å². The van der Waals surface area contributed by atoms with Crippen molar-refractivity contribution in [1.82, 2.24) is 25.3 Å². The zero-order valence-electron chi connectivity index (χ0n) is 24.4. The molecule has 11 nitrogen and oxygen atoms in total. The van der Waals surface area contributed by atoms with Crippen molar-refractivity contribution in [2.45, 2.75) is 44.6 Å². The first-order valence-corrected chi connectivity index (χ1v) is 14.6. The Bertz CT molecular complexity index is 1260. The molecule has 1 aromatic carbocycles. The van der Waals surface area contributed by atoms with E-state index in [0.29, 0.717) is 47.6 Å². The van der Waals surface area contributed by atoms with Crippen molar-refractivity contribution < 1.29 is 14.3 Å². The Morgan fingerprint density at radius 1 is 1.15 bits per heavy atom. The van der Waals surface area contributed by atoms with Gasteiger partial charge in [-0.05, 0) is 44.5 Å². The number of anilines is 4. The number of carbonyl (C=O) groups excluding carboxylic acids is 2. The maximum atomic E-state index is 13.3. The zero-order valence-corrected chi connectivity index (χ0v) is 24.4. The van der Waals surface area contributed by atoms with Gasteiger partial charge in [0, 0.05) is 51.4 Å². The molecule has 2 aliphatic heterocycles. The van der Waals surface area contributed by atoms with E-state index in [4.69, 9.17) is 9.72 Å². The molecular formula is C30H42N8O3. The third-order valence-corrected chi connectivity index (χ3v) is 8.42. The van der Waals surface area contributed by atoms with E-state index in [9.17, 15) is 9.59 Å². The number of nitrogens with one attached hydrogen (secondary N) is 2. The molecule has 1 atom stereocenters. The number of hydrogen-bond acceptors (Lipinski definition) is 9. The fraction of sp³-hybridized carbons (Fsp3) is 0.533. The monoisotopic (exact) mass is 562 g/mol. The van der Waals surface area contributed by atoms with Gasteiger partial charge in [-0.2, -0.15) is 4.98 Å². The molecule has 0 spiro atoms. The molecule has 0 bridgehead atoms. The second-order valence-electron chi connectivity index (χ2n) is 11.2. The maximum absolute atomic E-state index is 13.3. The second kappa shape index (κ2) is 12.9. The van der Waals surface area contributed by atoms with Crippen LogP contribution in [0.5, 0.6) is 5.75 Å². The largest absolute Gasteiger partial charge is 0.495 e. The van der Waals surface area contributed by atoms with E-state index in [1.165, 1.54) is 19.3 Å². The Morgan fingerprint density at radius 2 is 1.90 bits per heavy atom. The highest BCUT2D eigenvalue weighted by molar-refractivity contribution is 5.99. The molecular weight excluding hydrogens is 520 g/mol. The molecule has 41 heavy (non-hydrogen) atoms. The average molecular weight is 563 g/mol. The molecule has 2 amide bonds. The van der Waals surface area contributed by atoms with Crippen LogP contribution in [0.2, 0.25) is 0 Å². The molecule has 2 N–H and O–H groups in total. The Kier molecular flexibility index (Phi) is 9.04.